The van der Waals surface area contributed by atoms with Gasteiger partial charge < -0.3 is 4.74 Å². The lowest BCUT2D eigenvalue weighted by Crippen LogP contribution is -2.41. The number of aromatic nitrogens is 1. The second kappa shape index (κ2) is 7.14. The number of amides is 1. The summed E-state index contributed by atoms with van der Waals surface area (Å²) in [5.41, 5.74) is 2.96. The zero-order valence-electron chi connectivity index (χ0n) is 14.2. The lowest BCUT2D eigenvalue weighted by molar-refractivity contribution is -0.124. The fraction of sp³-hybridized carbons (Fsp3) is 0.143. The molecule has 0 saturated carbocycles. The molecule has 1 amide bonds. The molecule has 1 aromatic heterocycles. The SMILES string of the molecule is C=CCN(C(=O)[C@@H]1Cc2ccccc2O1)c1nc(-c2ccccc2)cs1. The van der Waals surface area contributed by atoms with E-state index in [1.165, 1.54) is 11.3 Å². The van der Waals surface area contributed by atoms with Crippen molar-refractivity contribution in [3.63, 3.8) is 0 Å². The van der Waals surface area contributed by atoms with Crippen LogP contribution in [0.4, 0.5) is 5.13 Å². The molecule has 2 heterocycles. The number of hydrogen-bond acceptors (Lipinski definition) is 4. The van der Waals surface area contributed by atoms with Crippen molar-refractivity contribution in [2.45, 2.75) is 12.5 Å². The van der Waals surface area contributed by atoms with Crippen LogP contribution < -0.4 is 9.64 Å². The third-order valence-corrected chi connectivity index (χ3v) is 5.16. The molecule has 130 valence electrons. The van der Waals surface area contributed by atoms with Crippen LogP contribution in [-0.4, -0.2) is 23.5 Å². The Hall–Kier alpha value is -2.92. The summed E-state index contributed by atoms with van der Waals surface area (Å²) in [7, 11) is 0. The number of anilines is 1. The molecule has 5 heteroatoms. The third kappa shape index (κ3) is 3.13. The number of para-hydroxylation sites is 1. The number of fused-ring (bicyclic) bond motifs is 1. The van der Waals surface area contributed by atoms with Gasteiger partial charge in [0.2, 0.25) is 0 Å². The molecule has 4 nitrogen and oxygen atoms in total. The fourth-order valence-electron chi connectivity index (χ4n) is 3.01. The molecule has 0 spiro atoms. The van der Waals surface area contributed by atoms with Crippen LogP contribution >= 0.6 is 11.3 Å². The van der Waals surface area contributed by atoms with Crippen LogP contribution in [0.15, 0.2) is 72.6 Å². The molecule has 1 aliphatic heterocycles. The largest absolute Gasteiger partial charge is 0.480 e. The quantitative estimate of drug-likeness (QED) is 0.634. The van der Waals surface area contributed by atoms with Crippen molar-refractivity contribution in [3.8, 4) is 17.0 Å². The van der Waals surface area contributed by atoms with E-state index in [-0.39, 0.29) is 5.91 Å². The van der Waals surface area contributed by atoms with E-state index in [1.54, 1.807) is 11.0 Å². The Kier molecular flexibility index (Phi) is 4.54. The molecule has 4 rings (SSSR count). The highest BCUT2D eigenvalue weighted by molar-refractivity contribution is 7.14. The molecule has 2 aromatic carbocycles. The van der Waals surface area contributed by atoms with Crippen LogP contribution in [0.5, 0.6) is 5.75 Å². The molecular weight excluding hydrogens is 344 g/mol. The van der Waals surface area contributed by atoms with Gasteiger partial charge in [-0.25, -0.2) is 4.98 Å². The Balaban J connectivity index is 1.58. The molecule has 1 atom stereocenters. The minimum atomic E-state index is -0.517. The Morgan fingerprint density at radius 2 is 2.00 bits per heavy atom. The second-order valence-corrected chi connectivity index (χ2v) is 6.87. The Labute approximate surface area is 156 Å². The van der Waals surface area contributed by atoms with Crippen molar-refractivity contribution >= 4 is 22.4 Å². The highest BCUT2D eigenvalue weighted by atomic mass is 32.1. The molecule has 0 radical (unpaired) electrons. The maximum Gasteiger partial charge on any atom is 0.270 e. The first kappa shape index (κ1) is 16.5. The molecule has 26 heavy (non-hydrogen) atoms. The van der Waals surface area contributed by atoms with Crippen LogP contribution in [-0.2, 0) is 11.2 Å². The maximum atomic E-state index is 13.1. The van der Waals surface area contributed by atoms with Gasteiger partial charge in [-0.2, -0.15) is 0 Å². The number of rotatable bonds is 5. The van der Waals surface area contributed by atoms with Gasteiger partial charge in [-0.3, -0.25) is 9.69 Å². The molecular formula is C21H18N2O2S. The van der Waals surface area contributed by atoms with Gasteiger partial charge in [0, 0.05) is 23.9 Å². The van der Waals surface area contributed by atoms with Crippen LogP contribution in [0.2, 0.25) is 0 Å². The summed E-state index contributed by atoms with van der Waals surface area (Å²) in [4.78, 5) is 19.4. The predicted molar refractivity (Wildman–Crippen MR) is 105 cm³/mol. The predicted octanol–water partition coefficient (Wildman–Crippen LogP) is 4.33. The molecule has 1 aliphatic rings. The fourth-order valence-corrected chi connectivity index (χ4v) is 3.86. The zero-order valence-corrected chi connectivity index (χ0v) is 15.0. The third-order valence-electron chi connectivity index (χ3n) is 4.29. The van der Waals surface area contributed by atoms with E-state index >= 15 is 0 Å². The van der Waals surface area contributed by atoms with Gasteiger partial charge in [0.1, 0.15) is 5.75 Å². The van der Waals surface area contributed by atoms with Crippen molar-refractivity contribution in [1.29, 1.82) is 0 Å². The summed E-state index contributed by atoms with van der Waals surface area (Å²) in [5.74, 6) is 0.698. The number of thiazole rings is 1. The van der Waals surface area contributed by atoms with Gasteiger partial charge >= 0.3 is 0 Å². The number of carbonyl (C=O) groups is 1. The minimum absolute atomic E-state index is 0.0879. The molecule has 0 fully saturated rings. The minimum Gasteiger partial charge on any atom is -0.480 e. The van der Waals surface area contributed by atoms with E-state index in [2.05, 4.69) is 11.6 Å². The standard InChI is InChI=1S/C21H18N2O2S/c1-2-12-23(20(24)19-13-16-10-6-7-11-18(16)25-19)21-22-17(14-26-21)15-8-4-3-5-9-15/h2-11,14,19H,1,12-13H2/t19-/m0/s1. The van der Waals surface area contributed by atoms with E-state index in [1.807, 2.05) is 60.0 Å². The number of ether oxygens (including phenoxy) is 1. The Morgan fingerprint density at radius 1 is 1.23 bits per heavy atom. The van der Waals surface area contributed by atoms with E-state index in [4.69, 9.17) is 4.74 Å². The van der Waals surface area contributed by atoms with Crippen molar-refractivity contribution < 1.29 is 9.53 Å². The normalized spacial score (nSPS) is 15.2. The maximum absolute atomic E-state index is 13.1. The van der Waals surface area contributed by atoms with Gasteiger partial charge in [-0.1, -0.05) is 54.6 Å². The highest BCUT2D eigenvalue weighted by Gasteiger charge is 2.33. The number of benzene rings is 2. The highest BCUT2D eigenvalue weighted by Crippen LogP contribution is 2.32. The van der Waals surface area contributed by atoms with Crippen LogP contribution in [0.1, 0.15) is 5.56 Å². The molecule has 0 aliphatic carbocycles. The van der Waals surface area contributed by atoms with Gasteiger partial charge in [0.15, 0.2) is 11.2 Å². The summed E-state index contributed by atoms with van der Waals surface area (Å²) in [6, 6.07) is 17.7. The zero-order chi connectivity index (χ0) is 17.9. The lowest BCUT2D eigenvalue weighted by atomic mass is 10.1. The molecule has 0 saturated heterocycles. The second-order valence-electron chi connectivity index (χ2n) is 6.04. The molecule has 0 N–H and O–H groups in total. The monoisotopic (exact) mass is 362 g/mol. The van der Waals surface area contributed by atoms with Crippen LogP contribution in [0.25, 0.3) is 11.3 Å². The first-order valence-electron chi connectivity index (χ1n) is 8.44. The first-order valence-corrected chi connectivity index (χ1v) is 9.32. The number of nitrogens with zero attached hydrogens (tertiary/aromatic N) is 2. The van der Waals surface area contributed by atoms with Crippen LogP contribution in [0, 0.1) is 0 Å². The van der Waals surface area contributed by atoms with Gasteiger partial charge in [-0.15, -0.1) is 17.9 Å². The Morgan fingerprint density at radius 3 is 2.77 bits per heavy atom. The first-order chi connectivity index (χ1) is 12.8. The van der Waals surface area contributed by atoms with E-state index in [0.717, 1.165) is 22.6 Å². The molecule has 3 aromatic rings. The van der Waals surface area contributed by atoms with Crippen molar-refractivity contribution in [2.24, 2.45) is 0 Å². The van der Waals surface area contributed by atoms with Crippen molar-refractivity contribution in [1.82, 2.24) is 4.98 Å². The number of hydrogen-bond donors (Lipinski definition) is 0. The summed E-state index contributed by atoms with van der Waals surface area (Å²) in [6.07, 6.45) is 1.78. The molecule has 0 unspecified atom stereocenters. The van der Waals surface area contributed by atoms with Crippen LogP contribution in [0.3, 0.4) is 0 Å². The smallest absolute Gasteiger partial charge is 0.270 e. The average molecular weight is 362 g/mol. The van der Waals surface area contributed by atoms with E-state index in [9.17, 15) is 4.79 Å². The Bertz CT molecular complexity index is 911. The summed E-state index contributed by atoms with van der Waals surface area (Å²) in [6.45, 7) is 4.18. The van der Waals surface area contributed by atoms with E-state index in [0.29, 0.717) is 18.1 Å². The average Bonchev–Trinajstić information content (AvgIpc) is 3.33. The summed E-state index contributed by atoms with van der Waals surface area (Å²) >= 11 is 1.45. The summed E-state index contributed by atoms with van der Waals surface area (Å²) < 4.78 is 5.86. The van der Waals surface area contributed by atoms with Gasteiger partial charge in [0.05, 0.1) is 5.69 Å². The van der Waals surface area contributed by atoms with E-state index < -0.39 is 6.10 Å². The van der Waals surface area contributed by atoms with Crippen molar-refractivity contribution in [2.75, 3.05) is 11.4 Å². The van der Waals surface area contributed by atoms with Crippen molar-refractivity contribution in [3.05, 3.63) is 78.2 Å². The van der Waals surface area contributed by atoms with Gasteiger partial charge in [-0.05, 0) is 11.6 Å². The summed E-state index contributed by atoms with van der Waals surface area (Å²) in [5, 5.41) is 2.63. The van der Waals surface area contributed by atoms with Gasteiger partial charge in [0.25, 0.3) is 5.91 Å². The lowest BCUT2D eigenvalue weighted by Gasteiger charge is -2.21. The topological polar surface area (TPSA) is 42.4 Å². The molecule has 0 bridgehead atoms. The number of carbonyl (C=O) groups excluding carboxylic acids is 1.